The third-order valence-corrected chi connectivity index (χ3v) is 6.16. The van der Waals surface area contributed by atoms with Gasteiger partial charge in [0.2, 0.25) is 10.0 Å². The van der Waals surface area contributed by atoms with Crippen LogP contribution in [0.1, 0.15) is 31.7 Å². The maximum absolute atomic E-state index is 12.6. The van der Waals surface area contributed by atoms with E-state index in [4.69, 9.17) is 0 Å². The molecule has 1 saturated heterocycles. The summed E-state index contributed by atoms with van der Waals surface area (Å²) in [6.45, 7) is 4.76. The second-order valence-corrected chi connectivity index (χ2v) is 8.13. The lowest BCUT2D eigenvalue weighted by molar-refractivity contribution is 0.346. The summed E-state index contributed by atoms with van der Waals surface area (Å²) in [5.74, 6) is 0.808. The van der Waals surface area contributed by atoms with Crippen molar-refractivity contribution in [3.63, 3.8) is 0 Å². The van der Waals surface area contributed by atoms with Crippen LogP contribution in [0, 0.1) is 0 Å². The van der Waals surface area contributed by atoms with Gasteiger partial charge in [0.1, 0.15) is 0 Å². The molecule has 2 aliphatic heterocycles. The Kier molecular flexibility index (Phi) is 4.87. The quantitative estimate of drug-likeness (QED) is 0.869. The lowest BCUT2D eigenvalue weighted by atomic mass is 10.2. The molecule has 1 aromatic rings. The molecule has 1 unspecified atom stereocenters. The Bertz CT molecular complexity index is 664. The van der Waals surface area contributed by atoms with Crippen molar-refractivity contribution in [2.24, 2.45) is 4.99 Å². The first kappa shape index (κ1) is 16.3. The molecule has 2 aliphatic rings. The third kappa shape index (κ3) is 3.84. The Hall–Kier alpha value is -1.60. The Morgan fingerprint density at radius 1 is 1.22 bits per heavy atom. The van der Waals surface area contributed by atoms with Crippen molar-refractivity contribution in [1.29, 1.82) is 0 Å². The van der Waals surface area contributed by atoms with Gasteiger partial charge < -0.3 is 10.6 Å². The van der Waals surface area contributed by atoms with Crippen LogP contribution in [0.3, 0.4) is 0 Å². The molecule has 7 heteroatoms. The summed E-state index contributed by atoms with van der Waals surface area (Å²) >= 11 is 0. The Morgan fingerprint density at radius 2 is 1.91 bits per heavy atom. The highest BCUT2D eigenvalue weighted by Gasteiger charge is 2.25. The largest absolute Gasteiger partial charge is 0.352 e. The summed E-state index contributed by atoms with van der Waals surface area (Å²) in [5, 5.41) is 6.47. The first-order valence-corrected chi connectivity index (χ1v) is 9.64. The fourth-order valence-electron chi connectivity index (χ4n) is 2.88. The summed E-state index contributed by atoms with van der Waals surface area (Å²) in [6, 6.07) is 7.50. The number of nitrogens with zero attached hydrogens (tertiary/aromatic N) is 2. The predicted molar refractivity (Wildman–Crippen MR) is 90.8 cm³/mol. The molecule has 0 saturated carbocycles. The molecule has 0 aromatic heterocycles. The van der Waals surface area contributed by atoms with Gasteiger partial charge in [0.05, 0.1) is 11.4 Å². The number of sulfonamides is 1. The summed E-state index contributed by atoms with van der Waals surface area (Å²) in [5.41, 5.74) is 1.03. The van der Waals surface area contributed by atoms with E-state index in [1.54, 1.807) is 16.4 Å². The van der Waals surface area contributed by atoms with E-state index in [2.05, 4.69) is 22.5 Å². The highest BCUT2D eigenvalue weighted by molar-refractivity contribution is 7.89. The van der Waals surface area contributed by atoms with Crippen LogP contribution in [0.25, 0.3) is 0 Å². The minimum Gasteiger partial charge on any atom is -0.352 e. The van der Waals surface area contributed by atoms with E-state index in [-0.39, 0.29) is 0 Å². The van der Waals surface area contributed by atoms with Crippen LogP contribution in [0.2, 0.25) is 0 Å². The number of hydrogen-bond acceptors (Lipinski definition) is 5. The molecule has 1 fully saturated rings. The van der Waals surface area contributed by atoms with Crippen molar-refractivity contribution in [3.8, 4) is 0 Å². The molecule has 126 valence electrons. The third-order valence-electron chi connectivity index (χ3n) is 4.24. The molecule has 1 aromatic carbocycles. The van der Waals surface area contributed by atoms with Crippen LogP contribution in [-0.4, -0.2) is 44.4 Å². The summed E-state index contributed by atoms with van der Waals surface area (Å²) < 4.78 is 26.8. The fraction of sp³-hybridized carbons (Fsp3) is 0.562. The van der Waals surface area contributed by atoms with Crippen molar-refractivity contribution >= 4 is 16.0 Å². The molecule has 3 rings (SSSR count). The van der Waals surface area contributed by atoms with Crippen LogP contribution in [-0.2, 0) is 16.6 Å². The zero-order chi connectivity index (χ0) is 16.3. The van der Waals surface area contributed by atoms with Gasteiger partial charge in [0, 0.05) is 25.7 Å². The van der Waals surface area contributed by atoms with Gasteiger partial charge in [-0.1, -0.05) is 18.6 Å². The average molecular weight is 336 g/mol. The highest BCUT2D eigenvalue weighted by atomic mass is 32.2. The van der Waals surface area contributed by atoms with E-state index < -0.39 is 10.0 Å². The van der Waals surface area contributed by atoms with Crippen molar-refractivity contribution in [3.05, 3.63) is 29.8 Å². The van der Waals surface area contributed by atoms with E-state index in [0.29, 0.717) is 30.6 Å². The standard InChI is InChI=1S/C16H24N4O2S/c1-13-11-17-16(19-13)18-12-14-5-7-15(8-6-14)23(21,22)20-9-3-2-4-10-20/h5-8,13H,2-4,9-12H2,1H3,(H2,17,18,19). The highest BCUT2D eigenvalue weighted by Crippen LogP contribution is 2.20. The molecule has 2 heterocycles. The minimum atomic E-state index is -3.34. The predicted octanol–water partition coefficient (Wildman–Crippen LogP) is 1.30. The zero-order valence-corrected chi connectivity index (χ0v) is 14.3. The molecule has 23 heavy (non-hydrogen) atoms. The van der Waals surface area contributed by atoms with E-state index in [1.165, 1.54) is 0 Å². The second-order valence-electron chi connectivity index (χ2n) is 6.20. The smallest absolute Gasteiger partial charge is 0.243 e. The Morgan fingerprint density at radius 3 is 2.52 bits per heavy atom. The van der Waals surface area contributed by atoms with Gasteiger partial charge in [0.25, 0.3) is 0 Å². The number of rotatable bonds is 4. The normalized spacial score (nSPS) is 22.5. The van der Waals surface area contributed by atoms with Crippen molar-refractivity contribution in [2.75, 3.05) is 19.6 Å². The maximum Gasteiger partial charge on any atom is 0.243 e. The molecule has 0 bridgehead atoms. The van der Waals surface area contributed by atoms with Crippen molar-refractivity contribution in [1.82, 2.24) is 14.9 Å². The molecular formula is C16H24N4O2S. The van der Waals surface area contributed by atoms with Gasteiger partial charge in [-0.2, -0.15) is 4.31 Å². The number of guanidine groups is 1. The van der Waals surface area contributed by atoms with Gasteiger partial charge in [-0.3, -0.25) is 4.99 Å². The van der Waals surface area contributed by atoms with Gasteiger partial charge in [-0.15, -0.1) is 0 Å². The number of nitrogens with one attached hydrogen (secondary N) is 2. The van der Waals surface area contributed by atoms with Gasteiger partial charge in [-0.25, -0.2) is 8.42 Å². The van der Waals surface area contributed by atoms with E-state index in [0.717, 1.165) is 37.3 Å². The van der Waals surface area contributed by atoms with Crippen LogP contribution in [0.5, 0.6) is 0 Å². The number of aliphatic imine (C=N–C) groups is 1. The minimum absolute atomic E-state index is 0.370. The molecule has 2 N–H and O–H groups in total. The SMILES string of the molecule is CC1CN=C(NCc2ccc(S(=O)(=O)N3CCCCC3)cc2)N1. The average Bonchev–Trinajstić information content (AvgIpc) is 3.00. The fourth-order valence-corrected chi connectivity index (χ4v) is 4.40. The first-order valence-electron chi connectivity index (χ1n) is 8.20. The molecule has 0 spiro atoms. The van der Waals surface area contributed by atoms with E-state index >= 15 is 0 Å². The summed E-state index contributed by atoms with van der Waals surface area (Å²) in [7, 11) is -3.34. The maximum atomic E-state index is 12.6. The topological polar surface area (TPSA) is 73.8 Å². The number of benzene rings is 1. The molecule has 1 atom stereocenters. The molecule has 0 aliphatic carbocycles. The van der Waals surface area contributed by atoms with E-state index in [9.17, 15) is 8.42 Å². The lowest BCUT2D eigenvalue weighted by Gasteiger charge is -2.25. The van der Waals surface area contributed by atoms with Crippen molar-refractivity contribution < 1.29 is 8.42 Å². The lowest BCUT2D eigenvalue weighted by Crippen LogP contribution is -2.37. The summed E-state index contributed by atoms with van der Waals surface area (Å²) in [6.07, 6.45) is 3.02. The zero-order valence-electron chi connectivity index (χ0n) is 13.5. The number of piperidine rings is 1. The molecule has 0 radical (unpaired) electrons. The number of hydrogen-bond donors (Lipinski definition) is 2. The molecule has 6 nitrogen and oxygen atoms in total. The Labute approximate surface area is 138 Å². The molecule has 0 amide bonds. The molecular weight excluding hydrogens is 312 g/mol. The van der Waals surface area contributed by atoms with Crippen LogP contribution in [0.4, 0.5) is 0 Å². The van der Waals surface area contributed by atoms with Gasteiger partial charge in [-0.05, 0) is 37.5 Å². The van der Waals surface area contributed by atoms with Crippen molar-refractivity contribution in [2.45, 2.75) is 43.7 Å². The van der Waals surface area contributed by atoms with Crippen LogP contribution < -0.4 is 10.6 Å². The van der Waals surface area contributed by atoms with Gasteiger partial charge in [0.15, 0.2) is 5.96 Å². The monoisotopic (exact) mass is 336 g/mol. The summed E-state index contributed by atoms with van der Waals surface area (Å²) in [4.78, 5) is 4.72. The Balaban J connectivity index is 1.62. The van der Waals surface area contributed by atoms with Crippen LogP contribution >= 0.6 is 0 Å². The second kappa shape index (κ2) is 6.88. The van der Waals surface area contributed by atoms with E-state index in [1.807, 2.05) is 12.1 Å². The van der Waals surface area contributed by atoms with Crippen LogP contribution in [0.15, 0.2) is 34.2 Å². The van der Waals surface area contributed by atoms with Gasteiger partial charge >= 0.3 is 0 Å². The first-order chi connectivity index (χ1) is 11.1.